The van der Waals surface area contributed by atoms with E-state index < -0.39 is 12.3 Å². The lowest BCUT2D eigenvalue weighted by Gasteiger charge is -2.04. The van der Waals surface area contributed by atoms with E-state index in [0.29, 0.717) is 13.0 Å². The molecule has 17 heavy (non-hydrogen) atoms. The monoisotopic (exact) mass is 259 g/mol. The molecule has 1 aliphatic carbocycles. The maximum absolute atomic E-state index is 12.2. The highest BCUT2D eigenvalue weighted by molar-refractivity contribution is 7.09. The molecule has 0 spiro atoms. The van der Waals surface area contributed by atoms with Crippen LogP contribution >= 0.6 is 11.3 Å². The molecule has 0 amide bonds. The van der Waals surface area contributed by atoms with Gasteiger partial charge in [0.25, 0.3) is 0 Å². The van der Waals surface area contributed by atoms with E-state index in [4.69, 9.17) is 5.73 Å². The van der Waals surface area contributed by atoms with Crippen LogP contribution in [-0.2, 0) is 6.42 Å². The Morgan fingerprint density at radius 2 is 2.47 bits per heavy atom. The minimum atomic E-state index is -2.26. The van der Waals surface area contributed by atoms with Gasteiger partial charge in [-0.15, -0.1) is 11.3 Å². The Balaban J connectivity index is 1.68. The fourth-order valence-electron chi connectivity index (χ4n) is 1.64. The molecule has 3 nitrogen and oxygen atoms in total. The lowest BCUT2D eigenvalue weighted by atomic mass is 10.3. The highest BCUT2D eigenvalue weighted by Gasteiger charge is 2.44. The highest BCUT2D eigenvalue weighted by atomic mass is 32.1. The van der Waals surface area contributed by atoms with E-state index in [9.17, 15) is 8.78 Å². The summed E-state index contributed by atoms with van der Waals surface area (Å²) in [5.74, 6) is -0.282. The van der Waals surface area contributed by atoms with Crippen LogP contribution < -0.4 is 11.1 Å². The van der Waals surface area contributed by atoms with Crippen molar-refractivity contribution in [2.45, 2.75) is 25.3 Å². The fraction of sp³-hybridized carbons (Fsp3) is 0.545. The van der Waals surface area contributed by atoms with Crippen molar-refractivity contribution in [2.24, 2.45) is 16.6 Å². The molecular formula is C11H15F2N3S. The minimum Gasteiger partial charge on any atom is -0.370 e. The number of guanidine groups is 1. The number of rotatable bonds is 5. The average Bonchev–Trinajstić information content (AvgIpc) is 2.85. The van der Waals surface area contributed by atoms with Gasteiger partial charge in [-0.05, 0) is 17.9 Å². The molecule has 1 heterocycles. The summed E-state index contributed by atoms with van der Waals surface area (Å²) in [6, 6.07) is 3.83. The lowest BCUT2D eigenvalue weighted by Crippen LogP contribution is -2.35. The molecule has 0 saturated heterocycles. The van der Waals surface area contributed by atoms with Crippen LogP contribution in [0.2, 0.25) is 0 Å². The summed E-state index contributed by atoms with van der Waals surface area (Å²) in [5.41, 5.74) is 5.61. The molecule has 1 aliphatic rings. The quantitative estimate of drug-likeness (QED) is 0.626. The third-order valence-electron chi connectivity index (χ3n) is 2.72. The van der Waals surface area contributed by atoms with Crippen molar-refractivity contribution in [3.05, 3.63) is 22.4 Å². The van der Waals surface area contributed by atoms with Crippen molar-refractivity contribution < 1.29 is 8.78 Å². The van der Waals surface area contributed by atoms with E-state index in [1.165, 1.54) is 4.88 Å². The number of alkyl halides is 2. The summed E-state index contributed by atoms with van der Waals surface area (Å²) in [6.07, 6.45) is -0.937. The maximum atomic E-state index is 12.2. The Morgan fingerprint density at radius 3 is 3.06 bits per heavy atom. The van der Waals surface area contributed by atoms with Gasteiger partial charge in [0.2, 0.25) is 6.43 Å². The van der Waals surface area contributed by atoms with Crippen LogP contribution in [0.25, 0.3) is 0 Å². The molecule has 0 aromatic carbocycles. The van der Waals surface area contributed by atoms with Gasteiger partial charge in [0.1, 0.15) is 0 Å². The average molecular weight is 259 g/mol. The van der Waals surface area contributed by atoms with E-state index >= 15 is 0 Å². The first-order valence-electron chi connectivity index (χ1n) is 5.54. The zero-order valence-corrected chi connectivity index (χ0v) is 10.1. The normalized spacial score (nSPS) is 24.1. The number of hydrogen-bond acceptors (Lipinski definition) is 2. The van der Waals surface area contributed by atoms with Gasteiger partial charge in [0.15, 0.2) is 5.96 Å². The summed E-state index contributed by atoms with van der Waals surface area (Å²) >= 11 is 1.68. The van der Waals surface area contributed by atoms with Gasteiger partial charge in [0.05, 0.1) is 0 Å². The largest absolute Gasteiger partial charge is 0.370 e. The smallest absolute Gasteiger partial charge is 0.243 e. The van der Waals surface area contributed by atoms with Crippen LogP contribution in [0.15, 0.2) is 22.5 Å². The van der Waals surface area contributed by atoms with Gasteiger partial charge in [-0.1, -0.05) is 6.07 Å². The zero-order chi connectivity index (χ0) is 12.3. The van der Waals surface area contributed by atoms with Gasteiger partial charge in [0, 0.05) is 29.8 Å². The topological polar surface area (TPSA) is 50.4 Å². The summed E-state index contributed by atoms with van der Waals surface area (Å²) in [6.45, 7) is 0.589. The van der Waals surface area contributed by atoms with Gasteiger partial charge in [-0.2, -0.15) is 0 Å². The van der Waals surface area contributed by atoms with Gasteiger partial charge in [-0.3, -0.25) is 4.99 Å². The molecule has 94 valence electrons. The number of nitrogens with one attached hydrogen (secondary N) is 1. The molecule has 1 fully saturated rings. The van der Waals surface area contributed by atoms with Crippen LogP contribution in [0.1, 0.15) is 11.3 Å². The lowest BCUT2D eigenvalue weighted by molar-refractivity contribution is 0.120. The number of nitrogens with two attached hydrogens (primary N) is 1. The van der Waals surface area contributed by atoms with Gasteiger partial charge < -0.3 is 11.1 Å². The molecule has 0 unspecified atom stereocenters. The molecule has 0 bridgehead atoms. The van der Waals surface area contributed by atoms with Crippen molar-refractivity contribution in [1.82, 2.24) is 5.32 Å². The van der Waals surface area contributed by atoms with E-state index in [2.05, 4.69) is 10.3 Å². The van der Waals surface area contributed by atoms with Crippen molar-refractivity contribution in [2.75, 3.05) is 6.54 Å². The second-order valence-corrected chi connectivity index (χ2v) is 5.11. The van der Waals surface area contributed by atoms with Crippen LogP contribution in [0, 0.1) is 5.92 Å². The molecule has 1 saturated carbocycles. The number of aliphatic imine (C=N–C) groups is 1. The van der Waals surface area contributed by atoms with Crippen LogP contribution in [0.5, 0.6) is 0 Å². The highest BCUT2D eigenvalue weighted by Crippen LogP contribution is 2.35. The van der Waals surface area contributed by atoms with Crippen LogP contribution in [0.3, 0.4) is 0 Å². The maximum Gasteiger partial charge on any atom is 0.243 e. The SMILES string of the molecule is NC(=NCCc1cccs1)N[C@H]1C[C@@H]1C(F)F. The second-order valence-electron chi connectivity index (χ2n) is 4.08. The molecule has 2 rings (SSSR count). The molecule has 1 aromatic rings. The van der Waals surface area contributed by atoms with E-state index in [0.717, 1.165) is 6.42 Å². The Morgan fingerprint density at radius 1 is 1.65 bits per heavy atom. The van der Waals surface area contributed by atoms with Gasteiger partial charge >= 0.3 is 0 Å². The predicted molar refractivity (Wildman–Crippen MR) is 65.5 cm³/mol. The van der Waals surface area contributed by atoms with Crippen molar-refractivity contribution in [1.29, 1.82) is 0 Å². The van der Waals surface area contributed by atoms with Crippen LogP contribution in [-0.4, -0.2) is 25.0 Å². The fourth-order valence-corrected chi connectivity index (χ4v) is 2.33. The summed E-state index contributed by atoms with van der Waals surface area (Å²) in [5, 5.41) is 4.83. The Labute approximate surface area is 103 Å². The first-order valence-corrected chi connectivity index (χ1v) is 6.42. The Hall–Kier alpha value is -1.17. The second kappa shape index (κ2) is 5.44. The number of hydrogen-bond donors (Lipinski definition) is 2. The van der Waals surface area contributed by atoms with Crippen molar-refractivity contribution in [3.8, 4) is 0 Å². The van der Waals surface area contributed by atoms with E-state index in [-0.39, 0.29) is 12.0 Å². The Kier molecular flexibility index (Phi) is 3.93. The third-order valence-corrected chi connectivity index (χ3v) is 3.65. The molecule has 1 aromatic heterocycles. The summed E-state index contributed by atoms with van der Waals surface area (Å²) in [4.78, 5) is 5.37. The summed E-state index contributed by atoms with van der Waals surface area (Å²) < 4.78 is 24.5. The first kappa shape index (κ1) is 12.3. The standard InChI is InChI=1S/C11H15F2N3S/c12-10(13)8-6-9(8)16-11(14)15-4-3-7-2-1-5-17-7/h1-2,5,8-10H,3-4,6H2,(H3,14,15,16)/t8-,9-/m0/s1. The number of thiophene rings is 1. The first-order chi connectivity index (χ1) is 8.16. The van der Waals surface area contributed by atoms with Gasteiger partial charge in [-0.25, -0.2) is 8.78 Å². The Bertz CT molecular complexity index is 378. The van der Waals surface area contributed by atoms with Crippen molar-refractivity contribution in [3.63, 3.8) is 0 Å². The minimum absolute atomic E-state index is 0.194. The third kappa shape index (κ3) is 3.66. The predicted octanol–water partition coefficient (Wildman–Crippen LogP) is 1.85. The molecule has 0 aliphatic heterocycles. The molecular weight excluding hydrogens is 244 g/mol. The number of halogens is 2. The molecule has 2 atom stereocenters. The molecule has 0 radical (unpaired) electrons. The van der Waals surface area contributed by atoms with E-state index in [1.807, 2.05) is 17.5 Å². The molecule has 6 heteroatoms. The van der Waals surface area contributed by atoms with Crippen molar-refractivity contribution >= 4 is 17.3 Å². The molecule has 3 N–H and O–H groups in total. The summed E-state index contributed by atoms with van der Waals surface area (Å²) in [7, 11) is 0. The zero-order valence-electron chi connectivity index (χ0n) is 9.27. The van der Waals surface area contributed by atoms with Crippen LogP contribution in [0.4, 0.5) is 8.78 Å². The van der Waals surface area contributed by atoms with E-state index in [1.54, 1.807) is 11.3 Å². The number of nitrogens with zero attached hydrogens (tertiary/aromatic N) is 1.